The number of alkyl halides is 1. The first-order valence-corrected chi connectivity index (χ1v) is 9.61. The molecule has 0 aromatic carbocycles. The Kier molecular flexibility index (Phi) is 2.55. The van der Waals surface area contributed by atoms with Gasteiger partial charge in [0, 0.05) is 13.4 Å². The monoisotopic (exact) mass is 248 g/mol. The average Bonchev–Trinajstić information content (AvgIpc) is 2.30. The van der Waals surface area contributed by atoms with Gasteiger partial charge in [0.2, 0.25) is 0 Å². The van der Waals surface area contributed by atoms with Crippen molar-refractivity contribution in [3.05, 3.63) is 0 Å². The summed E-state index contributed by atoms with van der Waals surface area (Å²) in [4.78, 5) is 0. The highest BCUT2D eigenvalue weighted by atomic mass is 79.9. The summed E-state index contributed by atoms with van der Waals surface area (Å²) in [7, 11) is -0.870. The number of hydrogen-bond acceptors (Lipinski definition) is 0. The predicted molar refractivity (Wildman–Crippen MR) is 62.8 cm³/mol. The molecule has 0 aromatic heterocycles. The molecule has 0 heterocycles. The smallest absolute Gasteiger partial charge is 0.0448 e. The van der Waals surface area contributed by atoms with Gasteiger partial charge in [-0.25, -0.2) is 0 Å². The lowest BCUT2D eigenvalue weighted by molar-refractivity contribution is 0.462. The Morgan fingerprint density at radius 3 is 1.75 bits per heavy atom. The van der Waals surface area contributed by atoms with Crippen LogP contribution in [-0.4, -0.2) is 13.4 Å². The maximum absolute atomic E-state index is 3.68. The van der Waals surface area contributed by atoms with Crippen LogP contribution in [0.3, 0.4) is 0 Å². The third kappa shape index (κ3) is 1.95. The van der Waals surface area contributed by atoms with E-state index in [1.807, 2.05) is 0 Å². The highest BCUT2D eigenvalue weighted by molar-refractivity contribution is 9.09. The van der Waals surface area contributed by atoms with E-state index in [9.17, 15) is 0 Å². The molecule has 0 amide bonds. The van der Waals surface area contributed by atoms with Crippen LogP contribution in [0.1, 0.15) is 20.3 Å². The summed E-state index contributed by atoms with van der Waals surface area (Å²) in [6.07, 6.45) is 1.43. The zero-order valence-corrected chi connectivity index (χ0v) is 11.6. The molecule has 0 bridgehead atoms. The summed E-state index contributed by atoms with van der Waals surface area (Å²) in [5.74, 6) is 0. The van der Waals surface area contributed by atoms with E-state index in [0.717, 1.165) is 0 Å². The zero-order valence-electron chi connectivity index (χ0n) is 9.00. The van der Waals surface area contributed by atoms with Gasteiger partial charge < -0.3 is 0 Å². The van der Waals surface area contributed by atoms with Crippen LogP contribution in [0.5, 0.6) is 0 Å². The van der Waals surface area contributed by atoms with Gasteiger partial charge in [0.05, 0.1) is 0 Å². The van der Waals surface area contributed by atoms with E-state index < -0.39 is 8.07 Å². The Labute approximate surface area is 86.3 Å². The molecule has 1 rings (SSSR count). The standard InChI is InChI=1S/C10H21BrSi/c1-9(2)6-10(9,7-11)8-12(3,4)5/h6-8H2,1-5H3. The largest absolute Gasteiger partial charge is 0.0922 e. The highest BCUT2D eigenvalue weighted by Crippen LogP contribution is 2.67. The van der Waals surface area contributed by atoms with Gasteiger partial charge in [-0.05, 0) is 17.3 Å². The molecule has 0 nitrogen and oxygen atoms in total. The first-order valence-electron chi connectivity index (χ1n) is 4.79. The first-order chi connectivity index (χ1) is 5.22. The molecule has 0 N–H and O–H groups in total. The van der Waals surface area contributed by atoms with E-state index >= 15 is 0 Å². The Hall–Kier alpha value is 0.697. The van der Waals surface area contributed by atoms with Crippen molar-refractivity contribution in [1.29, 1.82) is 0 Å². The second kappa shape index (κ2) is 2.84. The maximum Gasteiger partial charge on any atom is 0.0448 e. The molecule has 1 fully saturated rings. The lowest BCUT2D eigenvalue weighted by Gasteiger charge is -2.25. The molecular weight excluding hydrogens is 228 g/mol. The summed E-state index contributed by atoms with van der Waals surface area (Å²) in [5, 5.41) is 1.21. The van der Waals surface area contributed by atoms with Crippen molar-refractivity contribution in [3.63, 3.8) is 0 Å². The van der Waals surface area contributed by atoms with E-state index in [-0.39, 0.29) is 0 Å². The second-order valence-electron chi connectivity index (χ2n) is 6.21. The predicted octanol–water partition coefficient (Wildman–Crippen LogP) is 4.14. The minimum Gasteiger partial charge on any atom is -0.0922 e. The molecule has 0 spiro atoms. The molecule has 1 atom stereocenters. The van der Waals surface area contributed by atoms with Crippen LogP contribution in [0.2, 0.25) is 25.7 Å². The van der Waals surface area contributed by atoms with Gasteiger partial charge in [0.15, 0.2) is 0 Å². The van der Waals surface area contributed by atoms with Crippen molar-refractivity contribution in [3.8, 4) is 0 Å². The lowest BCUT2D eigenvalue weighted by atomic mass is 10.0. The Morgan fingerprint density at radius 1 is 1.25 bits per heavy atom. The van der Waals surface area contributed by atoms with Gasteiger partial charge in [0.1, 0.15) is 0 Å². The van der Waals surface area contributed by atoms with Gasteiger partial charge >= 0.3 is 0 Å². The fourth-order valence-corrected chi connectivity index (χ4v) is 6.67. The van der Waals surface area contributed by atoms with Crippen LogP contribution in [0.4, 0.5) is 0 Å². The van der Waals surface area contributed by atoms with E-state index in [0.29, 0.717) is 10.8 Å². The molecule has 0 aliphatic heterocycles. The normalized spacial score (nSPS) is 33.5. The van der Waals surface area contributed by atoms with Gasteiger partial charge in [-0.3, -0.25) is 0 Å². The molecule has 1 unspecified atom stereocenters. The molecule has 72 valence electrons. The SMILES string of the molecule is CC1(C)CC1(CBr)C[Si](C)(C)C. The lowest BCUT2D eigenvalue weighted by Crippen LogP contribution is -2.27. The highest BCUT2D eigenvalue weighted by Gasteiger charge is 2.60. The fourth-order valence-electron chi connectivity index (χ4n) is 2.39. The van der Waals surface area contributed by atoms with Crippen LogP contribution in [0, 0.1) is 10.8 Å². The minimum atomic E-state index is -0.870. The van der Waals surface area contributed by atoms with Crippen LogP contribution in [0.15, 0.2) is 0 Å². The third-order valence-electron chi connectivity index (χ3n) is 3.22. The Bertz CT molecular complexity index is 181. The molecular formula is C10H21BrSi. The quantitative estimate of drug-likeness (QED) is 0.521. The van der Waals surface area contributed by atoms with Crippen LogP contribution in [-0.2, 0) is 0 Å². The van der Waals surface area contributed by atoms with Gasteiger partial charge in [-0.1, -0.05) is 55.5 Å². The van der Waals surface area contributed by atoms with E-state index in [4.69, 9.17) is 0 Å². The molecule has 1 aliphatic carbocycles. The summed E-state index contributed by atoms with van der Waals surface area (Å²) < 4.78 is 0. The van der Waals surface area contributed by atoms with Crippen molar-refractivity contribution < 1.29 is 0 Å². The van der Waals surface area contributed by atoms with Crippen molar-refractivity contribution in [2.24, 2.45) is 10.8 Å². The second-order valence-corrected chi connectivity index (χ2v) is 12.2. The minimum absolute atomic E-state index is 0.608. The topological polar surface area (TPSA) is 0 Å². The Morgan fingerprint density at radius 2 is 1.67 bits per heavy atom. The van der Waals surface area contributed by atoms with Crippen LogP contribution in [0.25, 0.3) is 0 Å². The van der Waals surface area contributed by atoms with E-state index in [1.54, 1.807) is 0 Å². The molecule has 0 radical (unpaired) electrons. The van der Waals surface area contributed by atoms with Gasteiger partial charge in [-0.15, -0.1) is 0 Å². The van der Waals surface area contributed by atoms with E-state index in [2.05, 4.69) is 49.4 Å². The van der Waals surface area contributed by atoms with Crippen LogP contribution < -0.4 is 0 Å². The molecule has 2 heteroatoms. The maximum atomic E-state index is 3.68. The summed E-state index contributed by atoms with van der Waals surface area (Å²) in [6.45, 7) is 12.3. The molecule has 1 saturated carbocycles. The third-order valence-corrected chi connectivity index (χ3v) is 6.03. The van der Waals surface area contributed by atoms with Crippen molar-refractivity contribution in [2.45, 2.75) is 46.0 Å². The molecule has 12 heavy (non-hydrogen) atoms. The molecule has 0 aromatic rings. The van der Waals surface area contributed by atoms with Gasteiger partial charge in [0.25, 0.3) is 0 Å². The number of halogens is 1. The molecule has 0 saturated heterocycles. The van der Waals surface area contributed by atoms with Crippen molar-refractivity contribution in [2.75, 3.05) is 5.33 Å². The molecule has 1 aliphatic rings. The van der Waals surface area contributed by atoms with Crippen LogP contribution >= 0.6 is 15.9 Å². The fraction of sp³-hybridized carbons (Fsp3) is 1.00. The Balaban J connectivity index is 2.62. The average molecular weight is 249 g/mol. The summed E-state index contributed by atoms with van der Waals surface area (Å²) in [6, 6.07) is 1.48. The van der Waals surface area contributed by atoms with E-state index in [1.165, 1.54) is 17.8 Å². The summed E-state index contributed by atoms with van der Waals surface area (Å²) in [5.41, 5.74) is 1.26. The van der Waals surface area contributed by atoms with Gasteiger partial charge in [-0.2, -0.15) is 0 Å². The number of rotatable bonds is 3. The summed E-state index contributed by atoms with van der Waals surface area (Å²) >= 11 is 3.68. The number of hydrogen-bond donors (Lipinski definition) is 0. The zero-order chi connectivity index (χ0) is 9.62. The first kappa shape index (κ1) is 10.8. The van der Waals surface area contributed by atoms with Crippen molar-refractivity contribution in [1.82, 2.24) is 0 Å². The van der Waals surface area contributed by atoms with Crippen molar-refractivity contribution >= 4 is 24.0 Å².